The first-order chi connectivity index (χ1) is 9.63. The molecule has 2 fully saturated rings. The zero-order valence-electron chi connectivity index (χ0n) is 12.5. The Labute approximate surface area is 121 Å². The number of carbonyl (C=O) groups excluding carboxylic acids is 2. The van der Waals surface area contributed by atoms with Crippen molar-refractivity contribution in [2.75, 3.05) is 13.6 Å². The fourth-order valence-electron chi connectivity index (χ4n) is 3.41. The molecule has 1 aliphatic heterocycles. The van der Waals surface area contributed by atoms with Gasteiger partial charge in [-0.2, -0.15) is 0 Å². The van der Waals surface area contributed by atoms with E-state index in [0.717, 1.165) is 45.1 Å². The van der Waals surface area contributed by atoms with Crippen LogP contribution in [0.25, 0.3) is 0 Å². The Hall–Kier alpha value is -1.32. The highest BCUT2D eigenvalue weighted by atomic mass is 16.2. The predicted octanol–water partition coefficient (Wildman–Crippen LogP) is 2.25. The normalized spacial score (nSPS) is 27.9. The lowest BCUT2D eigenvalue weighted by atomic mass is 9.87. The number of rotatable bonds is 2. The van der Waals surface area contributed by atoms with Gasteiger partial charge >= 0.3 is 0 Å². The summed E-state index contributed by atoms with van der Waals surface area (Å²) < 4.78 is 0. The molecule has 20 heavy (non-hydrogen) atoms. The molecular formula is C16H26N2O2. The van der Waals surface area contributed by atoms with Crippen molar-refractivity contribution in [3.8, 4) is 0 Å². The zero-order chi connectivity index (χ0) is 14.5. The molecule has 0 spiro atoms. The van der Waals surface area contributed by atoms with Crippen LogP contribution < -0.4 is 5.32 Å². The van der Waals surface area contributed by atoms with E-state index in [0.29, 0.717) is 0 Å². The van der Waals surface area contributed by atoms with Gasteiger partial charge in [-0.25, -0.2) is 0 Å². The van der Waals surface area contributed by atoms with E-state index in [1.807, 2.05) is 0 Å². The van der Waals surface area contributed by atoms with Gasteiger partial charge in [0.15, 0.2) is 0 Å². The topological polar surface area (TPSA) is 49.4 Å². The summed E-state index contributed by atoms with van der Waals surface area (Å²) in [6.07, 6.45) is 8.00. The van der Waals surface area contributed by atoms with Gasteiger partial charge in [-0.15, -0.1) is 0 Å². The summed E-state index contributed by atoms with van der Waals surface area (Å²) in [6, 6.07) is -0.258. The zero-order valence-corrected chi connectivity index (χ0v) is 12.5. The van der Waals surface area contributed by atoms with Gasteiger partial charge in [0.25, 0.3) is 0 Å². The Morgan fingerprint density at radius 2 is 2.00 bits per heavy atom. The Balaban J connectivity index is 2.04. The van der Waals surface area contributed by atoms with Gasteiger partial charge in [0.05, 0.1) is 0 Å². The highest BCUT2D eigenvalue weighted by Crippen LogP contribution is 2.29. The molecule has 2 amide bonds. The van der Waals surface area contributed by atoms with Crippen molar-refractivity contribution in [1.29, 1.82) is 0 Å². The van der Waals surface area contributed by atoms with Crippen LogP contribution in [0.2, 0.25) is 0 Å². The van der Waals surface area contributed by atoms with E-state index < -0.39 is 0 Å². The summed E-state index contributed by atoms with van der Waals surface area (Å²) >= 11 is 0. The van der Waals surface area contributed by atoms with Crippen molar-refractivity contribution < 1.29 is 9.59 Å². The Kier molecular flexibility index (Phi) is 5.21. The molecule has 0 bridgehead atoms. The molecule has 2 aliphatic rings. The third-order valence-electron chi connectivity index (χ3n) is 4.55. The van der Waals surface area contributed by atoms with Crippen molar-refractivity contribution in [2.24, 2.45) is 5.92 Å². The van der Waals surface area contributed by atoms with Gasteiger partial charge in [-0.3, -0.25) is 9.59 Å². The SMILES string of the molecule is C=C1CCCCCC(C(=O)N2CCCC2C(=O)NC)C1. The summed E-state index contributed by atoms with van der Waals surface area (Å²) in [6.45, 7) is 4.82. The molecule has 1 N–H and O–H groups in total. The van der Waals surface area contributed by atoms with Crippen molar-refractivity contribution in [3.63, 3.8) is 0 Å². The summed E-state index contributed by atoms with van der Waals surface area (Å²) in [5.74, 6) is 0.174. The van der Waals surface area contributed by atoms with Gasteiger partial charge in [0.2, 0.25) is 11.8 Å². The second kappa shape index (κ2) is 6.91. The molecule has 0 radical (unpaired) electrons. The van der Waals surface area contributed by atoms with E-state index in [1.165, 1.54) is 18.4 Å². The van der Waals surface area contributed by atoms with Crippen molar-refractivity contribution in [2.45, 2.75) is 57.4 Å². The Bertz CT molecular complexity index is 392. The van der Waals surface area contributed by atoms with Crippen LogP contribution in [0.15, 0.2) is 12.2 Å². The predicted molar refractivity (Wildman–Crippen MR) is 79.1 cm³/mol. The van der Waals surface area contributed by atoms with Crippen LogP contribution in [0.5, 0.6) is 0 Å². The van der Waals surface area contributed by atoms with E-state index in [-0.39, 0.29) is 23.8 Å². The molecular weight excluding hydrogens is 252 g/mol. The first-order valence-electron chi connectivity index (χ1n) is 7.82. The molecule has 4 heteroatoms. The van der Waals surface area contributed by atoms with Crippen molar-refractivity contribution in [1.82, 2.24) is 10.2 Å². The minimum absolute atomic E-state index is 0.0273. The average Bonchev–Trinajstić information content (AvgIpc) is 2.90. The lowest BCUT2D eigenvalue weighted by Gasteiger charge is -2.29. The molecule has 1 saturated heterocycles. The van der Waals surface area contributed by atoms with Crippen LogP contribution in [0.3, 0.4) is 0 Å². The first kappa shape index (κ1) is 15.1. The molecule has 0 aromatic rings. The van der Waals surface area contributed by atoms with Gasteiger partial charge in [0.1, 0.15) is 6.04 Å². The van der Waals surface area contributed by atoms with Crippen molar-refractivity contribution >= 4 is 11.8 Å². The summed E-state index contributed by atoms with van der Waals surface area (Å²) in [7, 11) is 1.64. The molecule has 0 aromatic heterocycles. The first-order valence-corrected chi connectivity index (χ1v) is 7.82. The van der Waals surface area contributed by atoms with E-state index in [1.54, 1.807) is 11.9 Å². The Morgan fingerprint density at radius 3 is 2.75 bits per heavy atom. The number of amides is 2. The molecule has 1 saturated carbocycles. The number of nitrogens with one attached hydrogen (secondary N) is 1. The smallest absolute Gasteiger partial charge is 0.242 e. The summed E-state index contributed by atoms with van der Waals surface area (Å²) in [4.78, 5) is 26.4. The van der Waals surface area contributed by atoms with E-state index >= 15 is 0 Å². The van der Waals surface area contributed by atoms with Crippen LogP contribution in [-0.4, -0.2) is 36.3 Å². The number of hydrogen-bond acceptors (Lipinski definition) is 2. The molecule has 2 atom stereocenters. The average molecular weight is 278 g/mol. The molecule has 2 unspecified atom stereocenters. The molecule has 0 aromatic carbocycles. The number of likely N-dealkylation sites (N-methyl/N-ethyl adjacent to an activating group) is 1. The van der Waals surface area contributed by atoms with E-state index in [9.17, 15) is 9.59 Å². The second-order valence-electron chi connectivity index (χ2n) is 6.05. The van der Waals surface area contributed by atoms with Crippen LogP contribution in [-0.2, 0) is 9.59 Å². The number of nitrogens with zero attached hydrogens (tertiary/aromatic N) is 1. The van der Waals surface area contributed by atoms with E-state index in [2.05, 4.69) is 11.9 Å². The second-order valence-corrected chi connectivity index (χ2v) is 6.05. The molecule has 1 heterocycles. The van der Waals surface area contributed by atoms with Crippen LogP contribution in [0, 0.1) is 5.92 Å². The molecule has 112 valence electrons. The largest absolute Gasteiger partial charge is 0.357 e. The van der Waals surface area contributed by atoms with Crippen LogP contribution in [0.4, 0.5) is 0 Å². The highest BCUT2D eigenvalue weighted by molar-refractivity contribution is 5.89. The van der Waals surface area contributed by atoms with Gasteiger partial charge in [0, 0.05) is 19.5 Å². The van der Waals surface area contributed by atoms with Gasteiger partial charge in [-0.05, 0) is 38.5 Å². The standard InChI is InChI=1S/C16H26N2O2/c1-12-7-4-3-5-8-13(11-12)16(20)18-10-6-9-14(18)15(19)17-2/h13-14H,1,3-11H2,2H3,(H,17,19). The Morgan fingerprint density at radius 1 is 1.20 bits per heavy atom. The monoisotopic (exact) mass is 278 g/mol. The summed E-state index contributed by atoms with van der Waals surface area (Å²) in [5.41, 5.74) is 1.19. The quantitative estimate of drug-likeness (QED) is 0.788. The van der Waals surface area contributed by atoms with Crippen molar-refractivity contribution in [3.05, 3.63) is 12.2 Å². The minimum Gasteiger partial charge on any atom is -0.357 e. The van der Waals surface area contributed by atoms with Crippen LogP contribution >= 0.6 is 0 Å². The maximum absolute atomic E-state index is 12.7. The molecule has 1 aliphatic carbocycles. The minimum atomic E-state index is -0.258. The highest BCUT2D eigenvalue weighted by Gasteiger charge is 2.36. The van der Waals surface area contributed by atoms with Gasteiger partial charge in [-0.1, -0.05) is 25.0 Å². The number of hydrogen-bond donors (Lipinski definition) is 1. The van der Waals surface area contributed by atoms with Gasteiger partial charge < -0.3 is 10.2 Å². The third-order valence-corrected chi connectivity index (χ3v) is 4.55. The van der Waals surface area contributed by atoms with E-state index in [4.69, 9.17) is 0 Å². The maximum Gasteiger partial charge on any atom is 0.242 e. The maximum atomic E-state index is 12.7. The fraction of sp³-hybridized carbons (Fsp3) is 0.750. The lowest BCUT2D eigenvalue weighted by molar-refractivity contribution is -0.141. The summed E-state index contributed by atoms with van der Waals surface area (Å²) in [5, 5.41) is 2.68. The number of carbonyl (C=O) groups is 2. The lowest BCUT2D eigenvalue weighted by Crippen LogP contribution is -2.47. The molecule has 4 nitrogen and oxygen atoms in total. The van der Waals surface area contributed by atoms with Crippen LogP contribution in [0.1, 0.15) is 51.4 Å². The number of likely N-dealkylation sites (tertiary alicyclic amines) is 1. The number of allylic oxidation sites excluding steroid dienone is 1. The molecule has 2 rings (SSSR count). The third kappa shape index (κ3) is 3.41. The fourth-order valence-corrected chi connectivity index (χ4v) is 3.41.